The Kier molecular flexibility index (Phi) is 29.0. The van der Waals surface area contributed by atoms with Gasteiger partial charge in [0, 0.05) is 39.0 Å². The second-order valence-electron chi connectivity index (χ2n) is 20.8. The Bertz CT molecular complexity index is 1890. The van der Waals surface area contributed by atoms with E-state index in [-0.39, 0.29) is 0 Å². The summed E-state index contributed by atoms with van der Waals surface area (Å²) in [6.45, 7) is 24.1. The van der Waals surface area contributed by atoms with Crippen LogP contribution in [-0.4, -0.2) is 0 Å². The first-order valence-electron chi connectivity index (χ1n) is 28.6. The molecule has 0 spiro atoms. The molecule has 0 aliphatic heterocycles. The van der Waals surface area contributed by atoms with Crippen molar-refractivity contribution in [3.63, 3.8) is 0 Å². The average molecular weight is 976 g/mol. The van der Waals surface area contributed by atoms with Gasteiger partial charge in [-0.2, -0.15) is 0 Å². The molecule has 0 bridgehead atoms. The van der Waals surface area contributed by atoms with E-state index in [1.54, 1.807) is 78.6 Å². The Labute approximate surface area is 426 Å². The topological polar surface area (TPSA) is 0 Å². The fraction of sp³-hybridized carbons (Fsp3) is 0.742. The SMILES string of the molecule is CCCCCCCCCCc1c(C)sc(-c2sc(-c3sc(-c4sc(C)c(C)c4CCCCCCCCCC)c(C)c3CCCCCCCCCC)c(C)c2CCCCCCCCCC)c1C. The molecule has 0 saturated carbocycles. The first-order valence-corrected chi connectivity index (χ1v) is 31.9. The molecule has 66 heavy (non-hydrogen) atoms. The molecule has 0 nitrogen and oxygen atoms in total. The van der Waals surface area contributed by atoms with Crippen LogP contribution in [0.2, 0.25) is 0 Å². The quantitative estimate of drug-likeness (QED) is 0.0391. The molecule has 4 aromatic heterocycles. The number of rotatable bonds is 39. The first kappa shape index (κ1) is 57.4. The van der Waals surface area contributed by atoms with Crippen molar-refractivity contribution in [1.29, 1.82) is 0 Å². The highest BCUT2D eigenvalue weighted by molar-refractivity contribution is 7.29. The molecule has 0 atom stereocenters. The Morgan fingerprint density at radius 2 is 0.439 bits per heavy atom. The van der Waals surface area contributed by atoms with Gasteiger partial charge in [-0.3, -0.25) is 0 Å². The maximum Gasteiger partial charge on any atom is 0.0487 e. The van der Waals surface area contributed by atoms with Gasteiger partial charge in [-0.05, 0) is 137 Å². The Balaban J connectivity index is 1.69. The van der Waals surface area contributed by atoms with Gasteiger partial charge in [0.2, 0.25) is 0 Å². The highest BCUT2D eigenvalue weighted by Gasteiger charge is 2.28. The van der Waals surface area contributed by atoms with Crippen molar-refractivity contribution >= 4 is 45.3 Å². The molecule has 0 fully saturated rings. The number of thiophene rings is 4. The van der Waals surface area contributed by atoms with Crippen LogP contribution in [0.4, 0.5) is 0 Å². The molecule has 4 rings (SSSR count). The maximum absolute atomic E-state index is 2.54. The van der Waals surface area contributed by atoms with Gasteiger partial charge in [0.25, 0.3) is 0 Å². The molecule has 0 aromatic carbocycles. The molecule has 0 radical (unpaired) electrons. The zero-order chi connectivity index (χ0) is 47.5. The van der Waals surface area contributed by atoms with Crippen molar-refractivity contribution in [3.05, 3.63) is 54.3 Å². The molecule has 0 aliphatic rings. The summed E-state index contributed by atoms with van der Waals surface area (Å²) < 4.78 is 0. The first-order chi connectivity index (χ1) is 32.2. The standard InChI is InChI=1S/C62H102S4/c1-11-15-19-23-27-31-35-39-43-53-48(6)57(64-52(53)10)61-55(45-41-37-33-29-25-21-17-13-3)50(8)59(66-61)62-56(46-42-38-34-30-26-22-18-14-4)49(7)58(65-62)60-54(47(5)51(9)63-60)44-40-36-32-28-24-20-16-12-2/h11-46H2,1-10H3. The second kappa shape index (κ2) is 33.4. The van der Waals surface area contributed by atoms with E-state index < -0.39 is 0 Å². The van der Waals surface area contributed by atoms with Gasteiger partial charge in [-0.1, -0.05) is 207 Å². The Hall–Kier alpha value is -1.20. The van der Waals surface area contributed by atoms with Crippen LogP contribution < -0.4 is 0 Å². The van der Waals surface area contributed by atoms with Crippen LogP contribution in [0.1, 0.15) is 287 Å². The molecular formula is C62H102S4. The van der Waals surface area contributed by atoms with Crippen molar-refractivity contribution in [3.8, 4) is 29.3 Å². The third kappa shape index (κ3) is 18.2. The molecule has 0 aliphatic carbocycles. The minimum Gasteiger partial charge on any atom is -0.139 e. The number of hydrogen-bond acceptors (Lipinski definition) is 4. The summed E-state index contributed by atoms with van der Waals surface area (Å²) in [5.41, 5.74) is 13.1. The van der Waals surface area contributed by atoms with Crippen LogP contribution in [0.5, 0.6) is 0 Å². The summed E-state index contributed by atoms with van der Waals surface area (Å²) in [5.74, 6) is 0. The molecule has 0 N–H and O–H groups in total. The predicted molar refractivity (Wildman–Crippen MR) is 308 cm³/mol. The van der Waals surface area contributed by atoms with E-state index in [0.717, 1.165) is 0 Å². The van der Waals surface area contributed by atoms with E-state index in [1.165, 1.54) is 236 Å². The van der Waals surface area contributed by atoms with E-state index >= 15 is 0 Å². The number of unbranched alkanes of at least 4 members (excludes halogenated alkanes) is 28. The molecule has 0 unspecified atom stereocenters. The van der Waals surface area contributed by atoms with Gasteiger partial charge in [-0.25, -0.2) is 0 Å². The van der Waals surface area contributed by atoms with Gasteiger partial charge < -0.3 is 0 Å². The summed E-state index contributed by atoms with van der Waals surface area (Å²) >= 11 is 8.63. The van der Waals surface area contributed by atoms with Crippen LogP contribution in [0, 0.1) is 41.5 Å². The van der Waals surface area contributed by atoms with Gasteiger partial charge >= 0.3 is 0 Å². The lowest BCUT2D eigenvalue weighted by Gasteiger charge is -2.08. The third-order valence-corrected chi connectivity index (χ3v) is 20.9. The second-order valence-corrected chi connectivity index (χ2v) is 25.3. The highest BCUT2D eigenvalue weighted by atomic mass is 32.1. The lowest BCUT2D eigenvalue weighted by molar-refractivity contribution is 0.575. The van der Waals surface area contributed by atoms with Crippen LogP contribution in [0.3, 0.4) is 0 Å². The largest absolute Gasteiger partial charge is 0.139 e. The van der Waals surface area contributed by atoms with Gasteiger partial charge in [0.15, 0.2) is 0 Å². The molecule has 4 heteroatoms. The van der Waals surface area contributed by atoms with Gasteiger partial charge in [-0.15, -0.1) is 45.3 Å². The summed E-state index contributed by atoms with van der Waals surface area (Å²) in [4.78, 5) is 12.8. The van der Waals surface area contributed by atoms with Crippen LogP contribution in [-0.2, 0) is 25.7 Å². The van der Waals surface area contributed by atoms with E-state index in [1.807, 2.05) is 0 Å². The Morgan fingerprint density at radius 3 is 0.773 bits per heavy atom. The molecular weight excluding hydrogens is 873 g/mol. The number of aryl methyl sites for hydroxylation is 2. The van der Waals surface area contributed by atoms with Crippen molar-refractivity contribution in [1.82, 2.24) is 0 Å². The zero-order valence-corrected chi connectivity index (χ0v) is 48.4. The molecule has 0 saturated heterocycles. The average Bonchev–Trinajstić information content (AvgIpc) is 3.99. The predicted octanol–water partition coefficient (Wildman–Crippen LogP) is 23.5. The molecule has 4 aromatic rings. The van der Waals surface area contributed by atoms with Crippen LogP contribution >= 0.6 is 45.3 Å². The monoisotopic (exact) mass is 975 g/mol. The lowest BCUT2D eigenvalue weighted by atomic mass is 9.95. The highest BCUT2D eigenvalue weighted by Crippen LogP contribution is 2.53. The molecule has 4 heterocycles. The summed E-state index contributed by atoms with van der Waals surface area (Å²) in [6, 6.07) is 0. The summed E-state index contributed by atoms with van der Waals surface area (Å²) in [6.07, 6.45) is 49.3. The minimum absolute atomic E-state index is 1.23. The van der Waals surface area contributed by atoms with E-state index in [0.29, 0.717) is 0 Å². The maximum atomic E-state index is 2.54. The molecule has 374 valence electrons. The van der Waals surface area contributed by atoms with E-state index in [9.17, 15) is 0 Å². The number of hydrogen-bond donors (Lipinski definition) is 0. The third-order valence-electron chi connectivity index (χ3n) is 15.3. The molecule has 0 amide bonds. The van der Waals surface area contributed by atoms with E-state index in [4.69, 9.17) is 0 Å². The fourth-order valence-electron chi connectivity index (χ4n) is 10.7. The van der Waals surface area contributed by atoms with Crippen LogP contribution in [0.25, 0.3) is 29.3 Å². The fourth-order valence-corrected chi connectivity index (χ4v) is 16.4. The normalized spacial score (nSPS) is 11.8. The zero-order valence-electron chi connectivity index (χ0n) is 45.1. The van der Waals surface area contributed by atoms with Crippen molar-refractivity contribution in [2.24, 2.45) is 0 Å². The van der Waals surface area contributed by atoms with E-state index in [2.05, 4.69) is 115 Å². The van der Waals surface area contributed by atoms with Gasteiger partial charge in [0.05, 0.1) is 0 Å². The van der Waals surface area contributed by atoms with Crippen LogP contribution in [0.15, 0.2) is 0 Å². The smallest absolute Gasteiger partial charge is 0.0487 e. The lowest BCUT2D eigenvalue weighted by Crippen LogP contribution is -1.93. The van der Waals surface area contributed by atoms with Crippen molar-refractivity contribution in [2.75, 3.05) is 0 Å². The van der Waals surface area contributed by atoms with Gasteiger partial charge in [0.1, 0.15) is 0 Å². The Morgan fingerprint density at radius 1 is 0.212 bits per heavy atom. The minimum atomic E-state index is 1.23. The summed E-state index contributed by atoms with van der Waals surface area (Å²) in [5, 5.41) is 0. The summed E-state index contributed by atoms with van der Waals surface area (Å²) in [7, 11) is 0. The van der Waals surface area contributed by atoms with Crippen molar-refractivity contribution in [2.45, 2.75) is 300 Å². The van der Waals surface area contributed by atoms with Crippen molar-refractivity contribution < 1.29 is 0 Å².